The maximum Gasteiger partial charge on any atom is 0.338 e. The standard InChI is InChI=1S/C32H32O8/c1-31(36-3)32(2,37-4)40-30(35)28(39-31)26-22-17-11-12-18-25(22)38-29(34)27(26)23(20-13-7-5-8-14-20)19-24(33)21-15-9-6-10-16-21/h5-18,23,26-28H,19H2,1-4H3/t23-,26-,27+,28+,31-,32-/m0/s1. The van der Waals surface area contributed by atoms with Crippen molar-refractivity contribution < 1.29 is 38.1 Å². The molecule has 0 bridgehead atoms. The number of fused-ring (bicyclic) bond motifs is 1. The molecule has 0 unspecified atom stereocenters. The molecule has 2 heterocycles. The van der Waals surface area contributed by atoms with Gasteiger partial charge in [-0.25, -0.2) is 4.79 Å². The Morgan fingerprint density at radius 2 is 1.43 bits per heavy atom. The number of Topliss-reactive ketones (excluding diaryl/α,β-unsaturated/α-hetero) is 1. The van der Waals surface area contributed by atoms with E-state index in [9.17, 15) is 14.4 Å². The molecule has 1 saturated heterocycles. The highest BCUT2D eigenvalue weighted by atomic mass is 16.8. The number of carbonyl (C=O) groups excluding carboxylic acids is 3. The molecule has 2 aliphatic rings. The molecule has 2 aliphatic heterocycles. The molecule has 3 aromatic carbocycles. The van der Waals surface area contributed by atoms with Crippen molar-refractivity contribution in [1.82, 2.24) is 0 Å². The smallest absolute Gasteiger partial charge is 0.338 e. The molecule has 8 nitrogen and oxygen atoms in total. The minimum Gasteiger partial charge on any atom is -0.426 e. The summed E-state index contributed by atoms with van der Waals surface area (Å²) >= 11 is 0. The topological polar surface area (TPSA) is 97.4 Å². The van der Waals surface area contributed by atoms with Gasteiger partial charge in [0, 0.05) is 50.5 Å². The van der Waals surface area contributed by atoms with Crippen molar-refractivity contribution >= 4 is 17.7 Å². The third-order valence-corrected chi connectivity index (χ3v) is 8.12. The van der Waals surface area contributed by atoms with E-state index in [2.05, 4.69) is 0 Å². The second-order valence-electron chi connectivity index (χ2n) is 10.3. The van der Waals surface area contributed by atoms with E-state index in [1.165, 1.54) is 14.2 Å². The number of methoxy groups -OCH3 is 2. The second-order valence-corrected chi connectivity index (χ2v) is 10.3. The molecule has 0 aromatic heterocycles. The Bertz CT molecular complexity index is 1390. The maximum absolute atomic E-state index is 13.9. The number of rotatable bonds is 8. The van der Waals surface area contributed by atoms with E-state index in [0.29, 0.717) is 16.9 Å². The van der Waals surface area contributed by atoms with E-state index < -0.39 is 47.4 Å². The van der Waals surface area contributed by atoms with Gasteiger partial charge in [0.1, 0.15) is 5.75 Å². The molecule has 0 radical (unpaired) electrons. The first-order valence-electron chi connectivity index (χ1n) is 13.2. The van der Waals surface area contributed by atoms with Crippen molar-refractivity contribution in [2.24, 2.45) is 5.92 Å². The Balaban J connectivity index is 1.64. The van der Waals surface area contributed by atoms with Crippen molar-refractivity contribution in [3.05, 3.63) is 102 Å². The highest BCUT2D eigenvalue weighted by Crippen LogP contribution is 2.51. The van der Waals surface area contributed by atoms with Crippen LogP contribution in [0.3, 0.4) is 0 Å². The number of benzene rings is 3. The van der Waals surface area contributed by atoms with Gasteiger partial charge in [0.2, 0.25) is 5.79 Å². The number of esters is 2. The summed E-state index contributed by atoms with van der Waals surface area (Å²) in [6.45, 7) is 3.17. The summed E-state index contributed by atoms with van der Waals surface area (Å²) in [5, 5.41) is 0. The van der Waals surface area contributed by atoms with Gasteiger partial charge >= 0.3 is 11.9 Å². The van der Waals surface area contributed by atoms with Gasteiger partial charge in [-0.2, -0.15) is 0 Å². The van der Waals surface area contributed by atoms with Gasteiger partial charge in [0.15, 0.2) is 11.9 Å². The van der Waals surface area contributed by atoms with E-state index in [1.807, 2.05) is 36.4 Å². The van der Waals surface area contributed by atoms with Crippen LogP contribution >= 0.6 is 0 Å². The van der Waals surface area contributed by atoms with Crippen molar-refractivity contribution in [3.63, 3.8) is 0 Å². The molecule has 5 rings (SSSR count). The molecule has 0 spiro atoms. The number of ketones is 1. The lowest BCUT2D eigenvalue weighted by Crippen LogP contribution is -2.65. The lowest BCUT2D eigenvalue weighted by atomic mass is 9.69. The van der Waals surface area contributed by atoms with Crippen molar-refractivity contribution in [3.8, 4) is 5.75 Å². The zero-order valence-electron chi connectivity index (χ0n) is 22.9. The third-order valence-electron chi connectivity index (χ3n) is 8.12. The molecule has 0 amide bonds. The van der Waals surface area contributed by atoms with E-state index in [4.69, 9.17) is 23.7 Å². The fourth-order valence-corrected chi connectivity index (χ4v) is 5.65. The monoisotopic (exact) mass is 544 g/mol. The molecule has 6 atom stereocenters. The van der Waals surface area contributed by atoms with Gasteiger partial charge in [0.25, 0.3) is 5.79 Å². The predicted octanol–water partition coefficient (Wildman–Crippen LogP) is 5.03. The first kappa shape index (κ1) is 27.7. The summed E-state index contributed by atoms with van der Waals surface area (Å²) in [5.74, 6) is -6.57. The second kappa shape index (κ2) is 11.0. The Kier molecular flexibility index (Phi) is 7.59. The SMILES string of the molecule is CO[C@@]1(C)OC(=O)[C@@H]([C@H]2c3ccccc3OC(=O)[C@@H]2[C@@H](CC(=O)c2ccccc2)c2ccccc2)O[C@]1(C)OC. The number of carbonyl (C=O) groups is 3. The number of cyclic esters (lactones) is 1. The van der Waals surface area contributed by atoms with Gasteiger partial charge < -0.3 is 23.7 Å². The van der Waals surface area contributed by atoms with Crippen LogP contribution in [0.15, 0.2) is 84.9 Å². The Hall–Kier alpha value is -3.85. The molecule has 3 aromatic rings. The van der Waals surface area contributed by atoms with Crippen LogP contribution in [0, 0.1) is 5.92 Å². The molecular formula is C32H32O8. The van der Waals surface area contributed by atoms with Gasteiger partial charge in [-0.05, 0) is 18.6 Å². The van der Waals surface area contributed by atoms with Crippen molar-refractivity contribution in [2.75, 3.05) is 14.2 Å². The average molecular weight is 545 g/mol. The summed E-state index contributed by atoms with van der Waals surface area (Å²) in [6.07, 6.45) is -1.25. The normalized spacial score (nSPS) is 28.6. The average Bonchev–Trinajstić information content (AvgIpc) is 2.98. The quantitative estimate of drug-likeness (QED) is 0.221. The minimum absolute atomic E-state index is 0.00552. The molecule has 0 saturated carbocycles. The molecule has 8 heteroatoms. The maximum atomic E-state index is 13.9. The number of ether oxygens (including phenoxy) is 5. The first-order valence-corrected chi connectivity index (χ1v) is 13.2. The molecule has 1 fully saturated rings. The lowest BCUT2D eigenvalue weighted by Gasteiger charge is -2.50. The first-order chi connectivity index (χ1) is 19.2. The van der Waals surface area contributed by atoms with E-state index in [1.54, 1.807) is 62.4 Å². The van der Waals surface area contributed by atoms with Crippen LogP contribution in [0.1, 0.15) is 53.6 Å². The van der Waals surface area contributed by atoms with Crippen LogP contribution in [0.2, 0.25) is 0 Å². The summed E-state index contributed by atoms with van der Waals surface area (Å²) in [5.41, 5.74) is 1.89. The van der Waals surface area contributed by atoms with Crippen LogP contribution in [0.5, 0.6) is 5.75 Å². The Labute approximate surface area is 233 Å². The zero-order chi connectivity index (χ0) is 28.5. The van der Waals surface area contributed by atoms with Crippen LogP contribution in [-0.4, -0.2) is 49.6 Å². The van der Waals surface area contributed by atoms with Gasteiger partial charge in [-0.15, -0.1) is 0 Å². The van der Waals surface area contributed by atoms with E-state index in [-0.39, 0.29) is 12.2 Å². The predicted molar refractivity (Wildman–Crippen MR) is 145 cm³/mol. The van der Waals surface area contributed by atoms with Gasteiger partial charge in [-0.1, -0.05) is 78.9 Å². The fourth-order valence-electron chi connectivity index (χ4n) is 5.65. The van der Waals surface area contributed by atoms with E-state index >= 15 is 0 Å². The summed E-state index contributed by atoms with van der Waals surface area (Å²) in [7, 11) is 2.82. The lowest BCUT2D eigenvalue weighted by molar-refractivity contribution is -0.408. The van der Waals surface area contributed by atoms with Crippen molar-refractivity contribution in [1.29, 1.82) is 0 Å². The molecule has 208 valence electrons. The number of hydrogen-bond donors (Lipinski definition) is 0. The molecule has 0 aliphatic carbocycles. The summed E-state index contributed by atoms with van der Waals surface area (Å²) in [6, 6.07) is 25.2. The Morgan fingerprint density at radius 3 is 2.08 bits per heavy atom. The Morgan fingerprint density at radius 1 is 0.825 bits per heavy atom. The zero-order valence-corrected chi connectivity index (χ0v) is 22.9. The summed E-state index contributed by atoms with van der Waals surface area (Å²) < 4.78 is 29.2. The molecular weight excluding hydrogens is 512 g/mol. The largest absolute Gasteiger partial charge is 0.426 e. The van der Waals surface area contributed by atoms with Crippen LogP contribution in [-0.2, 0) is 28.5 Å². The number of para-hydroxylation sites is 1. The highest BCUT2D eigenvalue weighted by molar-refractivity contribution is 5.97. The van der Waals surface area contributed by atoms with E-state index in [0.717, 1.165) is 5.56 Å². The van der Waals surface area contributed by atoms with Gasteiger partial charge in [-0.3, -0.25) is 9.59 Å². The van der Waals surface area contributed by atoms with Crippen LogP contribution in [0.4, 0.5) is 0 Å². The summed E-state index contributed by atoms with van der Waals surface area (Å²) in [4.78, 5) is 41.0. The van der Waals surface area contributed by atoms with Crippen LogP contribution < -0.4 is 4.74 Å². The molecule has 0 N–H and O–H groups in total. The van der Waals surface area contributed by atoms with Crippen molar-refractivity contribution in [2.45, 2.75) is 49.8 Å². The number of hydrogen-bond acceptors (Lipinski definition) is 8. The van der Waals surface area contributed by atoms with Crippen LogP contribution in [0.25, 0.3) is 0 Å². The van der Waals surface area contributed by atoms with Gasteiger partial charge in [0.05, 0.1) is 5.92 Å². The minimum atomic E-state index is -1.54. The fraction of sp³-hybridized carbons (Fsp3) is 0.344. The third kappa shape index (κ3) is 4.83. The molecule has 40 heavy (non-hydrogen) atoms. The highest BCUT2D eigenvalue weighted by Gasteiger charge is 2.61.